The average Bonchev–Trinajstić information content (AvgIpc) is 3.47. The Kier molecular flexibility index (Phi) is 5.10. The summed E-state index contributed by atoms with van der Waals surface area (Å²) in [5, 5.41) is 3.82. The summed E-state index contributed by atoms with van der Waals surface area (Å²) < 4.78 is 34.2. The van der Waals surface area contributed by atoms with E-state index >= 15 is 0 Å². The Labute approximate surface area is 186 Å². The summed E-state index contributed by atoms with van der Waals surface area (Å²) in [4.78, 5) is 18.5. The van der Waals surface area contributed by atoms with Crippen molar-refractivity contribution in [1.29, 1.82) is 0 Å². The molecule has 2 N–H and O–H groups in total. The van der Waals surface area contributed by atoms with Crippen LogP contribution >= 0.6 is 0 Å². The summed E-state index contributed by atoms with van der Waals surface area (Å²) in [6, 6.07) is 10.0. The van der Waals surface area contributed by atoms with Gasteiger partial charge in [0.1, 0.15) is 0 Å². The molecule has 0 saturated carbocycles. The number of amides is 1. The SMILES string of the molecule is COc1cc(-c2cc3cc(CN4CCCC4)ccc3[nH]2)c2c(c1OS(C)(=O)=O)CNC2=O. The van der Waals surface area contributed by atoms with Crippen LogP contribution in [0.25, 0.3) is 22.2 Å². The predicted molar refractivity (Wildman–Crippen MR) is 121 cm³/mol. The smallest absolute Gasteiger partial charge is 0.306 e. The molecule has 5 rings (SSSR count). The van der Waals surface area contributed by atoms with Crippen molar-refractivity contribution >= 4 is 26.9 Å². The van der Waals surface area contributed by atoms with Crippen LogP contribution in [0.15, 0.2) is 30.3 Å². The van der Waals surface area contributed by atoms with Gasteiger partial charge in [-0.15, -0.1) is 0 Å². The summed E-state index contributed by atoms with van der Waals surface area (Å²) in [7, 11) is -2.35. The van der Waals surface area contributed by atoms with Gasteiger partial charge in [-0.25, -0.2) is 0 Å². The molecule has 1 amide bonds. The van der Waals surface area contributed by atoms with Crippen LogP contribution in [-0.4, -0.2) is 50.7 Å². The highest BCUT2D eigenvalue weighted by Crippen LogP contribution is 2.43. The van der Waals surface area contributed by atoms with Crippen LogP contribution in [0, 0.1) is 0 Å². The van der Waals surface area contributed by atoms with E-state index in [0.717, 1.165) is 42.5 Å². The first-order valence-electron chi connectivity index (χ1n) is 10.6. The lowest BCUT2D eigenvalue weighted by atomic mass is 9.98. The number of aromatic amines is 1. The number of likely N-dealkylation sites (tertiary alicyclic amines) is 1. The fraction of sp³-hybridized carbons (Fsp3) is 0.348. The van der Waals surface area contributed by atoms with Crippen LogP contribution in [0.4, 0.5) is 0 Å². The number of aromatic nitrogens is 1. The van der Waals surface area contributed by atoms with E-state index in [1.807, 2.05) is 6.07 Å². The van der Waals surface area contributed by atoms with Crippen LogP contribution in [0.1, 0.15) is 34.3 Å². The molecular weight excluding hydrogens is 430 g/mol. The zero-order valence-electron chi connectivity index (χ0n) is 18.0. The number of carbonyl (C=O) groups excluding carboxylic acids is 1. The maximum atomic E-state index is 12.7. The van der Waals surface area contributed by atoms with Gasteiger partial charge >= 0.3 is 10.1 Å². The van der Waals surface area contributed by atoms with E-state index in [0.29, 0.717) is 16.7 Å². The first-order valence-corrected chi connectivity index (χ1v) is 12.4. The summed E-state index contributed by atoms with van der Waals surface area (Å²) in [6.07, 6.45) is 3.48. The third-order valence-corrected chi connectivity index (χ3v) is 6.50. The van der Waals surface area contributed by atoms with Gasteiger partial charge in [0.25, 0.3) is 5.91 Å². The number of benzene rings is 2. The van der Waals surface area contributed by atoms with E-state index in [1.54, 1.807) is 6.07 Å². The normalized spacial score (nSPS) is 16.4. The Morgan fingerprint density at radius 2 is 1.91 bits per heavy atom. The zero-order chi connectivity index (χ0) is 22.5. The molecule has 0 spiro atoms. The van der Waals surface area contributed by atoms with Crippen LogP contribution < -0.4 is 14.2 Å². The minimum Gasteiger partial charge on any atom is -0.493 e. The largest absolute Gasteiger partial charge is 0.493 e. The van der Waals surface area contributed by atoms with E-state index in [2.05, 4.69) is 33.4 Å². The maximum Gasteiger partial charge on any atom is 0.306 e. The Balaban J connectivity index is 1.59. The van der Waals surface area contributed by atoms with Gasteiger partial charge in [-0.3, -0.25) is 9.69 Å². The molecule has 2 aliphatic heterocycles. The molecule has 3 heterocycles. The molecular formula is C23H25N3O5S. The molecule has 0 bridgehead atoms. The molecule has 0 radical (unpaired) electrons. The Bertz CT molecular complexity index is 1320. The number of hydrogen-bond donors (Lipinski definition) is 2. The Morgan fingerprint density at radius 3 is 2.62 bits per heavy atom. The molecule has 32 heavy (non-hydrogen) atoms. The maximum absolute atomic E-state index is 12.7. The van der Waals surface area contributed by atoms with Gasteiger partial charge in [0.15, 0.2) is 11.5 Å². The highest BCUT2D eigenvalue weighted by molar-refractivity contribution is 7.86. The summed E-state index contributed by atoms with van der Waals surface area (Å²) in [5.74, 6) is 0.0366. The van der Waals surface area contributed by atoms with Crippen molar-refractivity contribution in [2.24, 2.45) is 0 Å². The lowest BCUT2D eigenvalue weighted by molar-refractivity contribution is 0.0966. The van der Waals surface area contributed by atoms with E-state index in [-0.39, 0.29) is 24.0 Å². The van der Waals surface area contributed by atoms with Gasteiger partial charge in [0.05, 0.1) is 18.9 Å². The van der Waals surface area contributed by atoms with Gasteiger partial charge in [-0.1, -0.05) is 6.07 Å². The summed E-state index contributed by atoms with van der Waals surface area (Å²) in [5.41, 5.74) is 4.49. The van der Waals surface area contributed by atoms with Gasteiger partial charge < -0.3 is 19.2 Å². The number of H-pyrrole nitrogens is 1. The number of rotatable bonds is 6. The average molecular weight is 456 g/mol. The van der Waals surface area contributed by atoms with E-state index in [4.69, 9.17) is 8.92 Å². The van der Waals surface area contributed by atoms with Crippen LogP contribution in [0.5, 0.6) is 11.5 Å². The lowest BCUT2D eigenvalue weighted by Gasteiger charge is -2.15. The first kappa shape index (κ1) is 20.8. The Morgan fingerprint density at radius 1 is 1.12 bits per heavy atom. The van der Waals surface area contributed by atoms with Gasteiger partial charge in [-0.05, 0) is 55.8 Å². The van der Waals surface area contributed by atoms with Gasteiger partial charge in [-0.2, -0.15) is 8.42 Å². The molecule has 168 valence electrons. The van der Waals surface area contributed by atoms with Crippen LogP contribution in [0.2, 0.25) is 0 Å². The van der Waals surface area contributed by atoms with Gasteiger partial charge in [0, 0.05) is 40.8 Å². The number of hydrogen-bond acceptors (Lipinski definition) is 6. The van der Waals surface area contributed by atoms with Crippen molar-refractivity contribution < 1.29 is 22.1 Å². The van der Waals surface area contributed by atoms with Crippen LogP contribution in [-0.2, 0) is 23.2 Å². The van der Waals surface area contributed by atoms with E-state index in [1.165, 1.54) is 25.5 Å². The summed E-state index contributed by atoms with van der Waals surface area (Å²) >= 11 is 0. The highest BCUT2D eigenvalue weighted by Gasteiger charge is 2.32. The highest BCUT2D eigenvalue weighted by atomic mass is 32.2. The third-order valence-electron chi connectivity index (χ3n) is 6.03. The second-order valence-corrected chi connectivity index (χ2v) is 9.94. The fourth-order valence-electron chi connectivity index (χ4n) is 4.61. The predicted octanol–water partition coefficient (Wildman–Crippen LogP) is 3.02. The second kappa shape index (κ2) is 7.83. The minimum atomic E-state index is -3.79. The van der Waals surface area contributed by atoms with Crippen molar-refractivity contribution in [3.8, 4) is 22.8 Å². The minimum absolute atomic E-state index is 0.0520. The second-order valence-electron chi connectivity index (χ2n) is 8.37. The van der Waals surface area contributed by atoms with Crippen molar-refractivity contribution in [3.63, 3.8) is 0 Å². The zero-order valence-corrected chi connectivity index (χ0v) is 18.8. The molecule has 0 atom stereocenters. The molecule has 1 aromatic heterocycles. The monoisotopic (exact) mass is 455 g/mol. The first-order chi connectivity index (χ1) is 15.3. The molecule has 2 aliphatic rings. The molecule has 1 saturated heterocycles. The standard InChI is InChI=1S/C23H25N3O5S/c1-30-20-11-16(21-17(12-24-23(21)27)22(20)31-32(2,28)29)19-10-15-9-14(5-6-18(15)25-19)13-26-7-3-4-8-26/h5-6,9-11,25H,3-4,7-8,12-13H2,1-2H3,(H,24,27). The number of methoxy groups -OCH3 is 1. The number of nitrogens with zero attached hydrogens (tertiary/aromatic N) is 1. The Hall–Kier alpha value is -3.04. The van der Waals surface area contributed by atoms with Crippen LogP contribution in [0.3, 0.4) is 0 Å². The summed E-state index contributed by atoms with van der Waals surface area (Å²) in [6.45, 7) is 3.38. The van der Waals surface area contributed by atoms with Crippen molar-refractivity contribution in [3.05, 3.63) is 47.0 Å². The van der Waals surface area contributed by atoms with Crippen molar-refractivity contribution in [2.45, 2.75) is 25.9 Å². The number of fused-ring (bicyclic) bond motifs is 2. The fourth-order valence-corrected chi connectivity index (χ4v) is 5.10. The molecule has 9 heteroatoms. The molecule has 0 unspecified atom stereocenters. The molecule has 1 fully saturated rings. The topological polar surface area (TPSA) is 101 Å². The van der Waals surface area contributed by atoms with Crippen molar-refractivity contribution in [2.75, 3.05) is 26.5 Å². The van der Waals surface area contributed by atoms with E-state index in [9.17, 15) is 13.2 Å². The molecule has 8 nitrogen and oxygen atoms in total. The number of nitrogens with one attached hydrogen (secondary N) is 2. The number of carbonyl (C=O) groups is 1. The van der Waals surface area contributed by atoms with Gasteiger partial charge in [0.2, 0.25) is 0 Å². The van der Waals surface area contributed by atoms with Crippen molar-refractivity contribution in [1.82, 2.24) is 15.2 Å². The lowest BCUT2D eigenvalue weighted by Crippen LogP contribution is -2.18. The quantitative estimate of drug-likeness (QED) is 0.554. The molecule has 3 aromatic rings. The van der Waals surface area contributed by atoms with E-state index < -0.39 is 10.1 Å². The molecule has 0 aliphatic carbocycles. The number of ether oxygens (including phenoxy) is 1. The molecule has 2 aromatic carbocycles. The third kappa shape index (κ3) is 3.82.